The fraction of sp³-hybridized carbons (Fsp3) is 0.917. The Morgan fingerprint density at radius 1 is 1.27 bits per heavy atom. The second kappa shape index (κ2) is 4.97. The first-order chi connectivity index (χ1) is 6.58. The molecule has 0 aliphatic rings. The average molecular weight is 215 g/mol. The maximum absolute atomic E-state index is 11.8. The van der Waals surface area contributed by atoms with Gasteiger partial charge in [-0.25, -0.2) is 0 Å². The van der Waals surface area contributed by atoms with Gasteiger partial charge in [-0.15, -0.1) is 0 Å². The minimum Gasteiger partial charge on any atom is -0.466 e. The molecule has 90 valence electrons. The molecule has 0 aromatic heterocycles. The highest BCUT2D eigenvalue weighted by Crippen LogP contribution is 2.32. The Balaban J connectivity index is 4.68. The monoisotopic (exact) mass is 215 g/mol. The van der Waals surface area contributed by atoms with Crippen molar-refractivity contribution in [3.8, 4) is 0 Å². The Morgan fingerprint density at radius 3 is 2.00 bits per heavy atom. The van der Waals surface area contributed by atoms with Crippen molar-refractivity contribution in [2.75, 3.05) is 6.61 Å². The van der Waals surface area contributed by atoms with Crippen molar-refractivity contribution in [1.29, 1.82) is 0 Å². The Kier molecular flexibility index (Phi) is 4.78. The van der Waals surface area contributed by atoms with E-state index in [4.69, 9.17) is 10.5 Å². The molecule has 0 fully saturated rings. The van der Waals surface area contributed by atoms with Gasteiger partial charge in [-0.2, -0.15) is 0 Å². The van der Waals surface area contributed by atoms with Crippen LogP contribution >= 0.6 is 0 Å². The maximum Gasteiger partial charge on any atom is 0.309 e. The van der Waals surface area contributed by atoms with Crippen LogP contribution in [0.1, 0.15) is 48.0 Å². The van der Waals surface area contributed by atoms with Crippen LogP contribution < -0.4 is 5.73 Å². The quantitative estimate of drug-likeness (QED) is 0.732. The van der Waals surface area contributed by atoms with Gasteiger partial charge >= 0.3 is 5.97 Å². The summed E-state index contributed by atoms with van der Waals surface area (Å²) in [7, 11) is 0. The molecule has 0 saturated carbocycles. The van der Waals surface area contributed by atoms with E-state index in [0.717, 1.165) is 0 Å². The van der Waals surface area contributed by atoms with Crippen molar-refractivity contribution in [2.24, 2.45) is 17.1 Å². The van der Waals surface area contributed by atoms with E-state index in [1.807, 2.05) is 41.5 Å². The second-order valence-electron chi connectivity index (χ2n) is 5.86. The van der Waals surface area contributed by atoms with Gasteiger partial charge in [0.05, 0.1) is 12.5 Å². The topological polar surface area (TPSA) is 52.3 Å². The lowest BCUT2D eigenvalue weighted by Crippen LogP contribution is -2.41. The first kappa shape index (κ1) is 14.4. The molecule has 3 heteroatoms. The molecule has 2 N–H and O–H groups in total. The molecule has 0 bridgehead atoms. The van der Waals surface area contributed by atoms with Crippen molar-refractivity contribution in [3.63, 3.8) is 0 Å². The lowest BCUT2D eigenvalue weighted by Gasteiger charge is -2.33. The Bertz CT molecular complexity index is 211. The fourth-order valence-electron chi connectivity index (χ4n) is 1.51. The van der Waals surface area contributed by atoms with Crippen LogP contribution in [0.3, 0.4) is 0 Å². The number of esters is 1. The molecule has 1 atom stereocenters. The summed E-state index contributed by atoms with van der Waals surface area (Å²) in [6.07, 6.45) is 0.648. The average Bonchev–Trinajstić information content (AvgIpc) is 1.97. The number of hydrogen-bond acceptors (Lipinski definition) is 3. The van der Waals surface area contributed by atoms with Gasteiger partial charge < -0.3 is 10.5 Å². The molecule has 0 saturated heterocycles. The van der Waals surface area contributed by atoms with Crippen molar-refractivity contribution in [1.82, 2.24) is 0 Å². The summed E-state index contributed by atoms with van der Waals surface area (Å²) in [5, 5.41) is 0. The van der Waals surface area contributed by atoms with Gasteiger partial charge in [-0.05, 0) is 32.6 Å². The predicted octanol–water partition coefficient (Wildman–Crippen LogP) is 2.34. The van der Waals surface area contributed by atoms with E-state index >= 15 is 0 Å². The van der Waals surface area contributed by atoms with Crippen LogP contribution in [0.5, 0.6) is 0 Å². The number of ether oxygens (including phenoxy) is 1. The van der Waals surface area contributed by atoms with Crippen molar-refractivity contribution in [2.45, 2.75) is 53.5 Å². The normalized spacial score (nSPS) is 14.9. The Morgan fingerprint density at radius 2 is 1.73 bits per heavy atom. The zero-order chi connectivity index (χ0) is 12.3. The van der Waals surface area contributed by atoms with Crippen LogP contribution in [0.2, 0.25) is 0 Å². The van der Waals surface area contributed by atoms with E-state index in [-0.39, 0.29) is 22.8 Å². The highest BCUT2D eigenvalue weighted by molar-refractivity contribution is 5.73. The predicted molar refractivity (Wildman–Crippen MR) is 62.5 cm³/mol. The third kappa shape index (κ3) is 5.78. The molecule has 0 aromatic carbocycles. The zero-order valence-electron chi connectivity index (χ0n) is 10.9. The maximum atomic E-state index is 11.8. The van der Waals surface area contributed by atoms with Gasteiger partial charge in [0.1, 0.15) is 0 Å². The van der Waals surface area contributed by atoms with E-state index in [1.54, 1.807) is 0 Å². The molecule has 0 amide bonds. The summed E-state index contributed by atoms with van der Waals surface area (Å²) >= 11 is 0. The molecule has 0 aliphatic heterocycles. The smallest absolute Gasteiger partial charge is 0.309 e. The first-order valence-electron chi connectivity index (χ1n) is 5.53. The lowest BCUT2D eigenvalue weighted by atomic mass is 9.74. The largest absolute Gasteiger partial charge is 0.466 e. The Labute approximate surface area is 93.4 Å². The first-order valence-corrected chi connectivity index (χ1v) is 5.53. The third-order valence-corrected chi connectivity index (χ3v) is 2.35. The highest BCUT2D eigenvalue weighted by Gasteiger charge is 2.35. The van der Waals surface area contributed by atoms with Crippen LogP contribution in [-0.2, 0) is 9.53 Å². The molecule has 0 aliphatic carbocycles. The van der Waals surface area contributed by atoms with Gasteiger partial charge in [-0.3, -0.25) is 4.79 Å². The van der Waals surface area contributed by atoms with Gasteiger partial charge in [0, 0.05) is 5.54 Å². The molecule has 15 heavy (non-hydrogen) atoms. The fourth-order valence-corrected chi connectivity index (χ4v) is 1.51. The summed E-state index contributed by atoms with van der Waals surface area (Å²) in [5.74, 6) is -0.277. The molecule has 1 unspecified atom stereocenters. The molecule has 0 radical (unpaired) electrons. The van der Waals surface area contributed by atoms with Crippen LogP contribution in [0.15, 0.2) is 0 Å². The third-order valence-electron chi connectivity index (χ3n) is 2.35. The van der Waals surface area contributed by atoms with Crippen LogP contribution in [-0.4, -0.2) is 18.1 Å². The van der Waals surface area contributed by atoms with Crippen molar-refractivity contribution in [3.05, 3.63) is 0 Å². The summed E-state index contributed by atoms with van der Waals surface area (Å²) in [6, 6.07) is 0. The SMILES string of the molecule is CCOC(=O)C(CC(C)(C)N)C(C)(C)C. The number of nitrogens with two attached hydrogens (primary N) is 1. The molecule has 0 rings (SSSR count). The van der Waals surface area contributed by atoms with E-state index in [0.29, 0.717) is 13.0 Å². The minimum atomic E-state index is -0.343. The number of hydrogen-bond donors (Lipinski definition) is 1. The van der Waals surface area contributed by atoms with E-state index in [9.17, 15) is 4.79 Å². The van der Waals surface area contributed by atoms with E-state index in [2.05, 4.69) is 0 Å². The summed E-state index contributed by atoms with van der Waals surface area (Å²) in [6.45, 7) is 12.2. The molecule has 0 aromatic rings. The number of rotatable bonds is 4. The molecule has 0 spiro atoms. The zero-order valence-corrected chi connectivity index (χ0v) is 10.9. The van der Waals surface area contributed by atoms with Crippen LogP contribution in [0.25, 0.3) is 0 Å². The van der Waals surface area contributed by atoms with Crippen molar-refractivity contribution < 1.29 is 9.53 Å². The van der Waals surface area contributed by atoms with Gasteiger partial charge in [0.25, 0.3) is 0 Å². The van der Waals surface area contributed by atoms with Gasteiger partial charge in [0.15, 0.2) is 0 Å². The van der Waals surface area contributed by atoms with E-state index < -0.39 is 0 Å². The van der Waals surface area contributed by atoms with E-state index in [1.165, 1.54) is 0 Å². The number of carbonyl (C=O) groups is 1. The lowest BCUT2D eigenvalue weighted by molar-refractivity contribution is -0.152. The number of carbonyl (C=O) groups excluding carboxylic acids is 1. The second-order valence-corrected chi connectivity index (χ2v) is 5.86. The summed E-state index contributed by atoms with van der Waals surface area (Å²) in [4.78, 5) is 11.8. The summed E-state index contributed by atoms with van der Waals surface area (Å²) < 4.78 is 5.08. The standard InChI is InChI=1S/C12H25NO2/c1-7-15-10(14)9(11(2,3)4)8-12(5,6)13/h9H,7-8,13H2,1-6H3. The van der Waals surface area contributed by atoms with Crippen LogP contribution in [0, 0.1) is 11.3 Å². The molecular formula is C12H25NO2. The summed E-state index contributed by atoms with van der Waals surface area (Å²) in [5.41, 5.74) is 5.51. The van der Waals surface area contributed by atoms with Crippen LogP contribution in [0.4, 0.5) is 0 Å². The van der Waals surface area contributed by atoms with Gasteiger partial charge in [-0.1, -0.05) is 20.8 Å². The molecular weight excluding hydrogens is 190 g/mol. The highest BCUT2D eigenvalue weighted by atomic mass is 16.5. The minimum absolute atomic E-state index is 0.108. The molecule has 0 heterocycles. The molecule has 3 nitrogen and oxygen atoms in total. The Hall–Kier alpha value is -0.570. The van der Waals surface area contributed by atoms with Crippen molar-refractivity contribution >= 4 is 5.97 Å². The van der Waals surface area contributed by atoms with Gasteiger partial charge in [0.2, 0.25) is 0 Å².